The molecule has 0 amide bonds. The van der Waals surface area contributed by atoms with Gasteiger partial charge in [0.25, 0.3) is 0 Å². The van der Waals surface area contributed by atoms with Gasteiger partial charge in [0.1, 0.15) is 0 Å². The van der Waals surface area contributed by atoms with Crippen LogP contribution in [-0.2, 0) is 4.74 Å². The second kappa shape index (κ2) is 11.0. The zero-order valence-electron chi connectivity index (χ0n) is 21.6. The zero-order chi connectivity index (χ0) is 24.9. The Labute approximate surface area is 214 Å². The Kier molecular flexibility index (Phi) is 7.38. The number of hydrogen-bond acceptors (Lipinski definition) is 5. The number of nitrogens with zero attached hydrogens (tertiary/aromatic N) is 3. The quantitative estimate of drug-likeness (QED) is 0.293. The lowest BCUT2D eigenvalue weighted by molar-refractivity contribution is 0.123. The van der Waals surface area contributed by atoms with Crippen molar-refractivity contribution in [2.24, 2.45) is 0 Å². The van der Waals surface area contributed by atoms with Gasteiger partial charge >= 0.3 is 0 Å². The lowest BCUT2D eigenvalue weighted by atomic mass is 10.0. The molecule has 1 aliphatic rings. The molecule has 1 N–H and O–H groups in total. The van der Waals surface area contributed by atoms with Gasteiger partial charge < -0.3 is 19.9 Å². The second-order valence-corrected chi connectivity index (χ2v) is 9.35. The number of rotatable bonds is 8. The van der Waals surface area contributed by atoms with Crippen LogP contribution in [0.5, 0.6) is 0 Å². The molecule has 0 saturated carbocycles. The molecule has 5 rings (SSSR count). The summed E-state index contributed by atoms with van der Waals surface area (Å²) in [5.74, 6) is 0. The van der Waals surface area contributed by atoms with Gasteiger partial charge in [-0.05, 0) is 50.1 Å². The standard InChI is InChI=1S/C31H36N4O/c1-4-17-34(5-2)25-15-16-29(35-18-20-36-21-19-35)28(22-25)33-31-23(3)30(24-11-7-6-8-12-24)32-27-14-10-9-13-26(27)31/h6-16,22H,4-5,17-21H2,1-3H3,(H,32,33). The highest BCUT2D eigenvalue weighted by Gasteiger charge is 2.19. The van der Waals surface area contributed by atoms with Crippen LogP contribution in [0.2, 0.25) is 0 Å². The minimum Gasteiger partial charge on any atom is -0.378 e. The third-order valence-corrected chi connectivity index (χ3v) is 7.02. The molecule has 0 spiro atoms. The lowest BCUT2D eigenvalue weighted by Crippen LogP contribution is -2.36. The molecule has 1 fully saturated rings. The first-order valence-electron chi connectivity index (χ1n) is 13.1. The van der Waals surface area contributed by atoms with Gasteiger partial charge in [-0.3, -0.25) is 0 Å². The van der Waals surface area contributed by atoms with E-state index in [1.165, 1.54) is 11.4 Å². The SMILES string of the molecule is CCCN(CC)c1ccc(N2CCOCC2)c(Nc2c(C)c(-c3ccccc3)nc3ccccc23)c1. The van der Waals surface area contributed by atoms with Crippen LogP contribution >= 0.6 is 0 Å². The number of pyridine rings is 1. The van der Waals surface area contributed by atoms with Crippen molar-refractivity contribution in [1.29, 1.82) is 0 Å². The van der Waals surface area contributed by atoms with Crippen LogP contribution in [0.15, 0.2) is 72.8 Å². The highest BCUT2D eigenvalue weighted by Crippen LogP contribution is 2.39. The largest absolute Gasteiger partial charge is 0.378 e. The number of fused-ring (bicyclic) bond motifs is 1. The van der Waals surface area contributed by atoms with E-state index in [1.807, 2.05) is 0 Å². The predicted molar refractivity (Wildman–Crippen MR) is 153 cm³/mol. The van der Waals surface area contributed by atoms with Gasteiger partial charge in [-0.25, -0.2) is 4.98 Å². The molecule has 4 aromatic rings. The summed E-state index contributed by atoms with van der Waals surface area (Å²) in [6.45, 7) is 12.0. The monoisotopic (exact) mass is 480 g/mol. The van der Waals surface area contributed by atoms with Gasteiger partial charge in [0.05, 0.1) is 41.5 Å². The van der Waals surface area contributed by atoms with Crippen molar-refractivity contribution in [2.75, 3.05) is 54.5 Å². The summed E-state index contributed by atoms with van der Waals surface area (Å²) in [6.07, 6.45) is 1.12. The Morgan fingerprint density at radius 3 is 2.44 bits per heavy atom. The summed E-state index contributed by atoms with van der Waals surface area (Å²) in [4.78, 5) is 9.95. The van der Waals surface area contributed by atoms with E-state index in [-0.39, 0.29) is 0 Å². The van der Waals surface area contributed by atoms with Gasteiger partial charge in [-0.15, -0.1) is 0 Å². The van der Waals surface area contributed by atoms with Crippen molar-refractivity contribution in [3.8, 4) is 11.3 Å². The molecule has 0 bridgehead atoms. The van der Waals surface area contributed by atoms with Gasteiger partial charge in [-0.1, -0.05) is 55.5 Å². The van der Waals surface area contributed by atoms with E-state index < -0.39 is 0 Å². The molecule has 1 aliphatic heterocycles. The smallest absolute Gasteiger partial charge is 0.0759 e. The van der Waals surface area contributed by atoms with E-state index in [1.54, 1.807) is 0 Å². The zero-order valence-corrected chi connectivity index (χ0v) is 21.6. The highest BCUT2D eigenvalue weighted by atomic mass is 16.5. The topological polar surface area (TPSA) is 40.6 Å². The Balaban J connectivity index is 1.66. The van der Waals surface area contributed by atoms with Crippen molar-refractivity contribution >= 4 is 33.7 Å². The molecule has 0 radical (unpaired) electrons. The van der Waals surface area contributed by atoms with Crippen molar-refractivity contribution in [2.45, 2.75) is 27.2 Å². The normalized spacial score (nSPS) is 13.7. The van der Waals surface area contributed by atoms with Crippen LogP contribution in [0.3, 0.4) is 0 Å². The van der Waals surface area contributed by atoms with Crippen LogP contribution in [0.4, 0.5) is 22.7 Å². The summed E-state index contributed by atoms with van der Waals surface area (Å²) in [5.41, 5.74) is 9.00. The van der Waals surface area contributed by atoms with E-state index in [2.05, 4.69) is 109 Å². The van der Waals surface area contributed by atoms with E-state index in [0.717, 1.165) is 84.9 Å². The average molecular weight is 481 g/mol. The fourth-order valence-electron chi connectivity index (χ4n) is 5.12. The number of hydrogen-bond donors (Lipinski definition) is 1. The van der Waals surface area contributed by atoms with E-state index in [4.69, 9.17) is 9.72 Å². The van der Waals surface area contributed by atoms with Gasteiger partial charge in [0.2, 0.25) is 0 Å². The van der Waals surface area contributed by atoms with Crippen LogP contribution < -0.4 is 15.1 Å². The van der Waals surface area contributed by atoms with Crippen LogP contribution in [0.25, 0.3) is 22.2 Å². The van der Waals surface area contributed by atoms with Crippen molar-refractivity contribution in [3.05, 3.63) is 78.4 Å². The number of morpholine rings is 1. The molecule has 5 nitrogen and oxygen atoms in total. The highest BCUT2D eigenvalue weighted by molar-refractivity contribution is 5.99. The summed E-state index contributed by atoms with van der Waals surface area (Å²) < 4.78 is 5.65. The fraction of sp³-hybridized carbons (Fsp3) is 0.323. The minimum atomic E-state index is 0.757. The Hall–Kier alpha value is -3.57. The first-order valence-corrected chi connectivity index (χ1v) is 13.1. The summed E-state index contributed by atoms with van der Waals surface area (Å²) in [7, 11) is 0. The average Bonchev–Trinajstić information content (AvgIpc) is 2.94. The van der Waals surface area contributed by atoms with E-state index >= 15 is 0 Å². The lowest BCUT2D eigenvalue weighted by Gasteiger charge is -2.32. The van der Waals surface area contributed by atoms with Crippen LogP contribution in [0.1, 0.15) is 25.8 Å². The van der Waals surface area contributed by atoms with Crippen molar-refractivity contribution < 1.29 is 4.74 Å². The van der Waals surface area contributed by atoms with Crippen molar-refractivity contribution in [1.82, 2.24) is 4.98 Å². The first kappa shape index (κ1) is 24.1. The maximum atomic E-state index is 5.65. The Morgan fingerprint density at radius 2 is 1.69 bits per heavy atom. The first-order chi connectivity index (χ1) is 17.7. The molecule has 1 saturated heterocycles. The molecule has 5 heteroatoms. The third-order valence-electron chi connectivity index (χ3n) is 7.02. The maximum Gasteiger partial charge on any atom is 0.0759 e. The molecule has 1 aromatic heterocycles. The minimum absolute atomic E-state index is 0.757. The molecular weight excluding hydrogens is 444 g/mol. The van der Waals surface area contributed by atoms with E-state index in [9.17, 15) is 0 Å². The molecule has 0 unspecified atom stereocenters. The maximum absolute atomic E-state index is 5.65. The number of nitrogens with one attached hydrogen (secondary N) is 1. The molecule has 3 aromatic carbocycles. The summed E-state index contributed by atoms with van der Waals surface area (Å²) in [6, 6.07) is 25.8. The van der Waals surface area contributed by atoms with Crippen molar-refractivity contribution in [3.63, 3.8) is 0 Å². The van der Waals surface area contributed by atoms with Gasteiger partial charge in [0, 0.05) is 42.8 Å². The third kappa shape index (κ3) is 4.89. The number of ether oxygens (including phenoxy) is 1. The Bertz CT molecular complexity index is 1320. The number of anilines is 4. The summed E-state index contributed by atoms with van der Waals surface area (Å²) >= 11 is 0. The molecular formula is C31H36N4O. The number of benzene rings is 3. The predicted octanol–water partition coefficient (Wildman–Crippen LogP) is 7.03. The van der Waals surface area contributed by atoms with Crippen LogP contribution in [0, 0.1) is 6.92 Å². The number of para-hydroxylation sites is 1. The van der Waals surface area contributed by atoms with Gasteiger partial charge in [0.15, 0.2) is 0 Å². The molecule has 36 heavy (non-hydrogen) atoms. The fourth-order valence-corrected chi connectivity index (χ4v) is 5.12. The molecule has 186 valence electrons. The molecule has 2 heterocycles. The summed E-state index contributed by atoms with van der Waals surface area (Å²) in [5, 5.41) is 5.04. The van der Waals surface area contributed by atoms with E-state index in [0.29, 0.717) is 0 Å². The molecule has 0 aliphatic carbocycles. The second-order valence-electron chi connectivity index (χ2n) is 9.35. The van der Waals surface area contributed by atoms with Crippen LogP contribution in [-0.4, -0.2) is 44.4 Å². The van der Waals surface area contributed by atoms with Gasteiger partial charge in [-0.2, -0.15) is 0 Å². The molecule has 0 atom stereocenters. The number of aromatic nitrogens is 1. The Morgan fingerprint density at radius 1 is 0.944 bits per heavy atom.